The normalized spacial score (nSPS) is 17.1. The monoisotopic (exact) mass is 371 g/mol. The van der Waals surface area contributed by atoms with Gasteiger partial charge >= 0.3 is 0 Å². The van der Waals surface area contributed by atoms with Crippen LogP contribution in [0.5, 0.6) is 5.75 Å². The van der Waals surface area contributed by atoms with E-state index in [1.54, 1.807) is 10.6 Å². The summed E-state index contributed by atoms with van der Waals surface area (Å²) < 4.78 is 1.72. The highest BCUT2D eigenvalue weighted by Crippen LogP contribution is 2.33. The molecule has 3 rings (SSSR count). The molecule has 0 spiro atoms. The lowest BCUT2D eigenvalue weighted by molar-refractivity contribution is 0.0932. The van der Waals surface area contributed by atoms with Crippen LogP contribution in [0.2, 0.25) is 0 Å². The van der Waals surface area contributed by atoms with E-state index in [4.69, 9.17) is 0 Å². The molecule has 1 atom stereocenters. The Labute approximate surface area is 160 Å². The molecule has 1 fully saturated rings. The van der Waals surface area contributed by atoms with Crippen LogP contribution >= 0.6 is 0 Å². The fraction of sp³-hybridized carbons (Fsp3) is 0.476. The Hall–Kier alpha value is -2.15. The molecule has 1 aliphatic rings. The molecule has 1 aromatic carbocycles. The smallest absolute Gasteiger partial charge is 0.259 e. The van der Waals surface area contributed by atoms with Gasteiger partial charge in [-0.05, 0) is 25.5 Å². The van der Waals surface area contributed by atoms with Crippen molar-refractivity contribution in [1.82, 2.24) is 14.4 Å². The largest absolute Gasteiger partial charge is 0.507 e. The number of pyridine rings is 1. The molecule has 6 heteroatoms. The minimum absolute atomic E-state index is 0.0637. The number of aliphatic hydroxyl groups excluding tert-OH is 1. The second kappa shape index (κ2) is 8.69. The molecule has 0 radical (unpaired) electrons. The third kappa shape index (κ3) is 4.08. The van der Waals surface area contributed by atoms with E-state index in [-0.39, 0.29) is 24.0 Å². The standard InChI is InChI=1S/C21H29N3O3/c1-3-24-16(2)15-18(26)19(21(24)27)20(17-7-5-4-6-8-17)23-11-9-22(10-12-23)13-14-25/h4-8,15,20,25-26H,3,9-14H2,1-2H3. The molecular formula is C21H29N3O3. The number of β-amino-alcohol motifs (C(OH)–C–C–N with tert-alkyl or cyclic N) is 1. The number of aryl methyl sites for hydroxylation is 1. The van der Waals surface area contributed by atoms with Crippen molar-refractivity contribution in [3.05, 3.63) is 63.6 Å². The summed E-state index contributed by atoms with van der Waals surface area (Å²) in [7, 11) is 0. The van der Waals surface area contributed by atoms with Crippen LogP contribution in [0.25, 0.3) is 0 Å². The topological polar surface area (TPSA) is 68.9 Å². The van der Waals surface area contributed by atoms with Crippen molar-refractivity contribution in [1.29, 1.82) is 0 Å². The maximum absolute atomic E-state index is 13.2. The van der Waals surface area contributed by atoms with Crippen LogP contribution in [0.1, 0.15) is 29.8 Å². The summed E-state index contributed by atoms with van der Waals surface area (Å²) in [6, 6.07) is 11.3. The third-order valence-corrected chi connectivity index (χ3v) is 5.42. The summed E-state index contributed by atoms with van der Waals surface area (Å²) in [6.45, 7) is 8.40. The summed E-state index contributed by atoms with van der Waals surface area (Å²) in [5.41, 5.74) is 2.10. The van der Waals surface area contributed by atoms with E-state index >= 15 is 0 Å². The Bertz CT molecular complexity index is 811. The predicted molar refractivity (Wildman–Crippen MR) is 106 cm³/mol. The average molecular weight is 371 g/mol. The van der Waals surface area contributed by atoms with Crippen molar-refractivity contribution in [3.63, 3.8) is 0 Å². The molecule has 6 nitrogen and oxygen atoms in total. The van der Waals surface area contributed by atoms with E-state index in [0.29, 0.717) is 18.7 Å². The quantitative estimate of drug-likeness (QED) is 0.807. The van der Waals surface area contributed by atoms with Crippen LogP contribution in [0.15, 0.2) is 41.2 Å². The van der Waals surface area contributed by atoms with Gasteiger partial charge in [-0.15, -0.1) is 0 Å². The minimum atomic E-state index is -0.284. The van der Waals surface area contributed by atoms with Gasteiger partial charge in [0.1, 0.15) is 5.75 Å². The molecule has 0 aliphatic carbocycles. The molecule has 0 amide bonds. The maximum atomic E-state index is 13.2. The van der Waals surface area contributed by atoms with Crippen molar-refractivity contribution < 1.29 is 10.2 Å². The van der Waals surface area contributed by atoms with E-state index in [0.717, 1.165) is 37.4 Å². The van der Waals surface area contributed by atoms with Gasteiger partial charge < -0.3 is 14.8 Å². The van der Waals surface area contributed by atoms with Crippen molar-refractivity contribution in [3.8, 4) is 5.75 Å². The minimum Gasteiger partial charge on any atom is -0.507 e. The number of hydrogen-bond donors (Lipinski definition) is 2. The fourth-order valence-electron chi connectivity index (χ4n) is 4.00. The van der Waals surface area contributed by atoms with Crippen molar-refractivity contribution >= 4 is 0 Å². The first-order chi connectivity index (χ1) is 13.1. The van der Waals surface area contributed by atoms with Gasteiger partial charge in [0.2, 0.25) is 0 Å². The van der Waals surface area contributed by atoms with Gasteiger partial charge in [0, 0.05) is 45.0 Å². The highest BCUT2D eigenvalue weighted by Gasteiger charge is 2.31. The van der Waals surface area contributed by atoms with Gasteiger partial charge in [0.05, 0.1) is 18.2 Å². The van der Waals surface area contributed by atoms with Crippen molar-refractivity contribution in [2.45, 2.75) is 26.4 Å². The number of nitrogens with zero attached hydrogens (tertiary/aromatic N) is 3. The first kappa shape index (κ1) is 19.6. The Morgan fingerprint density at radius 1 is 1.11 bits per heavy atom. The zero-order valence-corrected chi connectivity index (χ0v) is 16.1. The molecule has 0 saturated carbocycles. The maximum Gasteiger partial charge on any atom is 0.259 e. The fourth-order valence-corrected chi connectivity index (χ4v) is 4.00. The van der Waals surface area contributed by atoms with E-state index < -0.39 is 0 Å². The molecule has 1 aromatic heterocycles. The first-order valence-electron chi connectivity index (χ1n) is 9.62. The van der Waals surface area contributed by atoms with Gasteiger partial charge in [-0.3, -0.25) is 14.6 Å². The number of aromatic nitrogens is 1. The Kier molecular flexibility index (Phi) is 6.31. The summed E-state index contributed by atoms with van der Waals surface area (Å²) >= 11 is 0. The highest BCUT2D eigenvalue weighted by atomic mass is 16.3. The Morgan fingerprint density at radius 2 is 1.78 bits per heavy atom. The number of hydrogen-bond acceptors (Lipinski definition) is 5. The third-order valence-electron chi connectivity index (χ3n) is 5.42. The lowest BCUT2D eigenvalue weighted by Gasteiger charge is -2.39. The Balaban J connectivity index is 2.04. The van der Waals surface area contributed by atoms with Crippen LogP contribution in [-0.2, 0) is 6.54 Å². The molecule has 2 N–H and O–H groups in total. The average Bonchev–Trinajstić information content (AvgIpc) is 2.67. The number of aromatic hydroxyl groups is 1. The van der Waals surface area contributed by atoms with Crippen LogP contribution in [-0.4, -0.2) is 63.9 Å². The second-order valence-corrected chi connectivity index (χ2v) is 7.05. The van der Waals surface area contributed by atoms with E-state index in [2.05, 4.69) is 9.80 Å². The lowest BCUT2D eigenvalue weighted by atomic mass is 9.96. The summed E-state index contributed by atoms with van der Waals surface area (Å²) in [5.74, 6) is 0.0637. The molecule has 2 heterocycles. The molecular weight excluding hydrogens is 342 g/mol. The van der Waals surface area contributed by atoms with E-state index in [9.17, 15) is 15.0 Å². The van der Waals surface area contributed by atoms with Crippen molar-refractivity contribution in [2.75, 3.05) is 39.3 Å². The second-order valence-electron chi connectivity index (χ2n) is 7.05. The van der Waals surface area contributed by atoms with Crippen LogP contribution in [0.3, 0.4) is 0 Å². The van der Waals surface area contributed by atoms with Gasteiger partial charge in [0.15, 0.2) is 0 Å². The molecule has 0 bridgehead atoms. The van der Waals surface area contributed by atoms with Gasteiger partial charge in [-0.25, -0.2) is 0 Å². The number of piperazine rings is 1. The summed E-state index contributed by atoms with van der Waals surface area (Å²) in [6.07, 6.45) is 0. The zero-order chi connectivity index (χ0) is 19.4. The molecule has 1 saturated heterocycles. The molecule has 1 aliphatic heterocycles. The van der Waals surface area contributed by atoms with E-state index in [1.807, 2.05) is 44.2 Å². The summed E-state index contributed by atoms with van der Waals surface area (Å²) in [4.78, 5) is 17.7. The van der Waals surface area contributed by atoms with Gasteiger partial charge in [-0.2, -0.15) is 0 Å². The van der Waals surface area contributed by atoms with Crippen LogP contribution in [0, 0.1) is 6.92 Å². The molecule has 146 valence electrons. The van der Waals surface area contributed by atoms with Crippen molar-refractivity contribution in [2.24, 2.45) is 0 Å². The molecule has 1 unspecified atom stereocenters. The number of rotatable bonds is 6. The number of benzene rings is 1. The zero-order valence-electron chi connectivity index (χ0n) is 16.1. The predicted octanol–water partition coefficient (Wildman–Crippen LogP) is 1.58. The highest BCUT2D eigenvalue weighted by molar-refractivity contribution is 5.41. The lowest BCUT2D eigenvalue weighted by Crippen LogP contribution is -2.49. The summed E-state index contributed by atoms with van der Waals surface area (Å²) in [5, 5.41) is 19.9. The van der Waals surface area contributed by atoms with E-state index in [1.165, 1.54) is 0 Å². The number of aliphatic hydroxyl groups is 1. The SMILES string of the molecule is CCn1c(C)cc(O)c(C(c2ccccc2)N2CCN(CCO)CC2)c1=O. The van der Waals surface area contributed by atoms with Gasteiger partial charge in [0.25, 0.3) is 5.56 Å². The van der Waals surface area contributed by atoms with Gasteiger partial charge in [-0.1, -0.05) is 30.3 Å². The molecule has 2 aromatic rings. The van der Waals surface area contributed by atoms with Crippen LogP contribution < -0.4 is 5.56 Å². The van der Waals surface area contributed by atoms with Crippen LogP contribution in [0.4, 0.5) is 0 Å². The first-order valence-corrected chi connectivity index (χ1v) is 9.62. The Morgan fingerprint density at radius 3 is 2.37 bits per heavy atom. The molecule has 27 heavy (non-hydrogen) atoms.